The number of fused-ring (bicyclic) bond motifs is 3. The van der Waals surface area contributed by atoms with Gasteiger partial charge < -0.3 is 20.1 Å². The summed E-state index contributed by atoms with van der Waals surface area (Å²) in [5, 5.41) is 1.07. The number of ketones is 1. The molecular weight excluding hydrogens is 342 g/mol. The van der Waals surface area contributed by atoms with Crippen molar-refractivity contribution in [3.63, 3.8) is 0 Å². The smallest absolute Gasteiger partial charge is 0.188 e. The Morgan fingerprint density at radius 2 is 1.88 bits per heavy atom. The second-order valence-electron chi connectivity index (χ2n) is 6.23. The van der Waals surface area contributed by atoms with E-state index in [9.17, 15) is 4.79 Å². The first-order valence-electron chi connectivity index (χ1n) is 7.70. The molecule has 0 saturated heterocycles. The van der Waals surface area contributed by atoms with Gasteiger partial charge in [-0.05, 0) is 25.3 Å². The number of benzene rings is 1. The van der Waals surface area contributed by atoms with Crippen molar-refractivity contribution < 1.29 is 15.7 Å². The Morgan fingerprint density at radius 3 is 2.52 bits per heavy atom. The highest BCUT2D eigenvalue weighted by Gasteiger charge is 2.37. The number of rotatable bonds is 1. The summed E-state index contributed by atoms with van der Waals surface area (Å²) in [4.78, 5) is 17.5. The predicted molar refractivity (Wildman–Crippen MR) is 101 cm³/mol. The third-order valence-electron chi connectivity index (χ3n) is 4.94. The summed E-state index contributed by atoms with van der Waals surface area (Å²) in [6, 6.07) is 8.04. The van der Waals surface area contributed by atoms with E-state index in [1.807, 2.05) is 29.8 Å². The lowest BCUT2D eigenvalue weighted by Crippen LogP contribution is -2.28. The van der Waals surface area contributed by atoms with Crippen molar-refractivity contribution in [2.45, 2.75) is 32.2 Å². The third-order valence-corrected chi connectivity index (χ3v) is 4.94. The van der Waals surface area contributed by atoms with E-state index < -0.39 is 0 Å². The van der Waals surface area contributed by atoms with E-state index >= 15 is 0 Å². The summed E-state index contributed by atoms with van der Waals surface area (Å²) < 4.78 is 4.20. The Hall–Kier alpha value is -2.15. The average molecular weight is 366 g/mol. The van der Waals surface area contributed by atoms with Crippen LogP contribution in [-0.2, 0) is 7.05 Å². The van der Waals surface area contributed by atoms with Crippen molar-refractivity contribution in [3.05, 3.63) is 53.7 Å². The number of hydrogen-bond donors (Lipinski definition) is 0. The zero-order valence-corrected chi connectivity index (χ0v) is 15.3. The molecule has 0 spiro atoms. The molecule has 136 valence electrons. The van der Waals surface area contributed by atoms with Gasteiger partial charge in [0.05, 0.1) is 6.04 Å². The number of nitrogens with zero attached hydrogens (tertiary/aromatic N) is 3. The number of hydrogen-bond acceptors (Lipinski definition) is 2. The molecule has 4 N–H and O–H groups in total. The van der Waals surface area contributed by atoms with Crippen molar-refractivity contribution in [2.24, 2.45) is 7.05 Å². The van der Waals surface area contributed by atoms with E-state index in [0.29, 0.717) is 5.92 Å². The minimum atomic E-state index is -0.143. The molecule has 0 radical (unpaired) electrons. The number of Topliss-reactive ketones (excluding diaryl/α,β-unsaturated/α-hetero) is 1. The molecule has 2 aromatic heterocycles. The lowest BCUT2D eigenvalue weighted by Gasteiger charge is -2.29. The van der Waals surface area contributed by atoms with E-state index in [0.717, 1.165) is 28.7 Å². The molecule has 4 rings (SSSR count). The first-order chi connectivity index (χ1) is 10.6. The SMILES string of the molecule is Cc1nccn1C1CC(C)c2c(c3ccccc3n2C)C1=O.Cl.O.O. The molecule has 0 fully saturated rings. The van der Waals surface area contributed by atoms with Crippen LogP contribution in [0.3, 0.4) is 0 Å². The van der Waals surface area contributed by atoms with Crippen LogP contribution in [-0.4, -0.2) is 30.9 Å². The van der Waals surface area contributed by atoms with Crippen LogP contribution in [0.2, 0.25) is 0 Å². The molecule has 2 atom stereocenters. The molecule has 2 unspecified atom stereocenters. The number of halogens is 1. The molecule has 1 aromatic carbocycles. The molecule has 7 heteroatoms. The number of aromatic nitrogens is 3. The monoisotopic (exact) mass is 365 g/mol. The van der Waals surface area contributed by atoms with Gasteiger partial charge in [-0.3, -0.25) is 4.79 Å². The van der Waals surface area contributed by atoms with Crippen molar-refractivity contribution in [2.75, 3.05) is 0 Å². The van der Waals surface area contributed by atoms with Crippen LogP contribution in [0.4, 0.5) is 0 Å². The molecule has 2 heterocycles. The second kappa shape index (κ2) is 7.39. The van der Waals surface area contributed by atoms with Crippen LogP contribution in [0.1, 0.15) is 47.2 Å². The van der Waals surface area contributed by atoms with Crippen molar-refractivity contribution in [1.29, 1.82) is 0 Å². The quantitative estimate of drug-likeness (QED) is 0.660. The molecule has 25 heavy (non-hydrogen) atoms. The van der Waals surface area contributed by atoms with Crippen LogP contribution in [0.25, 0.3) is 10.9 Å². The van der Waals surface area contributed by atoms with Gasteiger partial charge in [-0.25, -0.2) is 4.98 Å². The Balaban J connectivity index is 0.00000104. The van der Waals surface area contributed by atoms with E-state index in [1.165, 1.54) is 5.69 Å². The number of para-hydroxylation sites is 1. The van der Waals surface area contributed by atoms with Crippen molar-refractivity contribution >= 4 is 29.1 Å². The highest BCUT2D eigenvalue weighted by atomic mass is 35.5. The molecule has 3 aromatic rings. The van der Waals surface area contributed by atoms with Gasteiger partial charge in [0.1, 0.15) is 5.82 Å². The summed E-state index contributed by atoms with van der Waals surface area (Å²) in [6.07, 6.45) is 4.51. The van der Waals surface area contributed by atoms with Crippen LogP contribution >= 0.6 is 12.4 Å². The fourth-order valence-electron chi connectivity index (χ4n) is 3.93. The average Bonchev–Trinajstić information content (AvgIpc) is 3.06. The van der Waals surface area contributed by atoms with Crippen LogP contribution in [0.15, 0.2) is 36.7 Å². The minimum Gasteiger partial charge on any atom is -0.412 e. The molecule has 6 nitrogen and oxygen atoms in total. The van der Waals surface area contributed by atoms with Crippen LogP contribution in [0.5, 0.6) is 0 Å². The summed E-state index contributed by atoms with van der Waals surface area (Å²) in [7, 11) is 2.06. The zero-order valence-electron chi connectivity index (χ0n) is 14.5. The number of carbonyl (C=O) groups is 1. The van der Waals surface area contributed by atoms with E-state index in [2.05, 4.69) is 35.7 Å². The molecule has 1 aliphatic rings. The van der Waals surface area contributed by atoms with Gasteiger partial charge in [-0.2, -0.15) is 0 Å². The highest BCUT2D eigenvalue weighted by Crippen LogP contribution is 2.41. The fourth-order valence-corrected chi connectivity index (χ4v) is 3.93. The minimum absolute atomic E-state index is 0. The Kier molecular flexibility index (Phi) is 6.18. The lowest BCUT2D eigenvalue weighted by atomic mass is 9.83. The van der Waals surface area contributed by atoms with E-state index in [1.54, 1.807) is 6.20 Å². The molecule has 0 saturated carbocycles. The number of carbonyl (C=O) groups excluding carboxylic acids is 1. The fraction of sp³-hybridized carbons (Fsp3) is 0.333. The molecular formula is C18H24ClN3O3. The first kappa shape index (κ1) is 20.9. The largest absolute Gasteiger partial charge is 0.412 e. The maximum Gasteiger partial charge on any atom is 0.188 e. The van der Waals surface area contributed by atoms with E-state index in [-0.39, 0.29) is 35.2 Å². The van der Waals surface area contributed by atoms with Gasteiger partial charge >= 0.3 is 0 Å². The van der Waals surface area contributed by atoms with Gasteiger partial charge in [-0.1, -0.05) is 25.1 Å². The van der Waals surface area contributed by atoms with Crippen LogP contribution < -0.4 is 0 Å². The molecule has 0 bridgehead atoms. The maximum absolute atomic E-state index is 13.2. The maximum atomic E-state index is 13.2. The highest BCUT2D eigenvalue weighted by molar-refractivity contribution is 6.12. The predicted octanol–water partition coefficient (Wildman–Crippen LogP) is 2.39. The van der Waals surface area contributed by atoms with Gasteiger partial charge in [0.2, 0.25) is 0 Å². The number of imidazole rings is 1. The van der Waals surface area contributed by atoms with Crippen molar-refractivity contribution in [3.8, 4) is 0 Å². The summed E-state index contributed by atoms with van der Waals surface area (Å²) in [6.45, 7) is 4.17. The standard InChI is InChI=1S/C18H19N3O.ClH.2H2O/c1-11-10-15(21-9-8-19-12(21)2)18(22)16-13-6-4-5-7-14(13)20(3)17(11)16;;;/h4-9,11,15H,10H2,1-3H3;1H;2*1H2. The lowest BCUT2D eigenvalue weighted by molar-refractivity contribution is 0.0899. The summed E-state index contributed by atoms with van der Waals surface area (Å²) >= 11 is 0. The summed E-state index contributed by atoms with van der Waals surface area (Å²) in [5.41, 5.74) is 3.20. The Labute approximate surface area is 152 Å². The van der Waals surface area contributed by atoms with Gasteiger partial charge in [-0.15, -0.1) is 12.4 Å². The summed E-state index contributed by atoms with van der Waals surface area (Å²) in [5.74, 6) is 1.46. The third kappa shape index (κ3) is 2.86. The Morgan fingerprint density at radius 1 is 1.20 bits per heavy atom. The molecule has 1 aliphatic carbocycles. The second-order valence-corrected chi connectivity index (χ2v) is 6.23. The molecule has 0 aliphatic heterocycles. The van der Waals surface area contributed by atoms with Crippen molar-refractivity contribution in [1.82, 2.24) is 14.1 Å². The number of aryl methyl sites for hydroxylation is 2. The molecule has 0 amide bonds. The van der Waals surface area contributed by atoms with Gasteiger partial charge in [0.25, 0.3) is 0 Å². The normalized spacial score (nSPS) is 18.8. The topological polar surface area (TPSA) is 103 Å². The first-order valence-corrected chi connectivity index (χ1v) is 7.70. The van der Waals surface area contributed by atoms with Gasteiger partial charge in [0.15, 0.2) is 5.78 Å². The van der Waals surface area contributed by atoms with E-state index in [4.69, 9.17) is 0 Å². The Bertz CT molecular complexity index is 900. The van der Waals surface area contributed by atoms with Crippen LogP contribution in [0, 0.1) is 6.92 Å². The zero-order chi connectivity index (χ0) is 15.4. The van der Waals surface area contributed by atoms with Gasteiger partial charge in [0, 0.05) is 41.6 Å².